The first-order valence-corrected chi connectivity index (χ1v) is 8.43. The Labute approximate surface area is 145 Å². The summed E-state index contributed by atoms with van der Waals surface area (Å²) in [6.45, 7) is 5.40. The first-order chi connectivity index (χ1) is 12.0. The minimum Gasteiger partial charge on any atom is -0.287 e. The van der Waals surface area contributed by atoms with Gasteiger partial charge < -0.3 is 0 Å². The molecule has 0 radical (unpaired) electrons. The number of aromatic nitrogens is 6. The van der Waals surface area contributed by atoms with Crippen LogP contribution in [-0.4, -0.2) is 29.3 Å². The average Bonchev–Trinajstić information content (AvgIpc) is 3.15. The maximum absolute atomic E-state index is 12.9. The van der Waals surface area contributed by atoms with Gasteiger partial charge in [0.25, 0.3) is 17.1 Å². The average molecular weight is 354 g/mol. The minimum atomic E-state index is -0.303. The highest BCUT2D eigenvalue weighted by molar-refractivity contribution is 7.12. The van der Waals surface area contributed by atoms with Gasteiger partial charge in [-0.25, -0.2) is 15.0 Å². The van der Waals surface area contributed by atoms with E-state index in [2.05, 4.69) is 20.1 Å². The van der Waals surface area contributed by atoms with Crippen LogP contribution in [0.1, 0.15) is 17.1 Å². The molecule has 8 nitrogen and oxygen atoms in total. The van der Waals surface area contributed by atoms with Crippen LogP contribution in [0.5, 0.6) is 0 Å². The molecule has 0 amide bonds. The predicted molar refractivity (Wildman–Crippen MR) is 95.0 cm³/mol. The number of fused-ring (bicyclic) bond motifs is 1. The fourth-order valence-corrected chi connectivity index (χ4v) is 3.58. The van der Waals surface area contributed by atoms with Gasteiger partial charge in [0.2, 0.25) is 0 Å². The molecule has 0 fully saturated rings. The van der Waals surface area contributed by atoms with Crippen molar-refractivity contribution < 1.29 is 0 Å². The molecule has 0 unspecified atom stereocenters. The van der Waals surface area contributed by atoms with Crippen molar-refractivity contribution in [2.24, 2.45) is 0 Å². The molecule has 0 saturated heterocycles. The molecule has 0 aliphatic carbocycles. The first-order valence-electron chi connectivity index (χ1n) is 7.55. The van der Waals surface area contributed by atoms with E-state index in [9.17, 15) is 9.59 Å². The Morgan fingerprint density at radius 1 is 1.08 bits per heavy atom. The Hall–Kier alpha value is -3.07. The van der Waals surface area contributed by atoms with Crippen molar-refractivity contribution in [3.05, 3.63) is 61.5 Å². The van der Waals surface area contributed by atoms with Gasteiger partial charge in [-0.3, -0.25) is 19.3 Å². The van der Waals surface area contributed by atoms with Crippen LogP contribution in [0.2, 0.25) is 0 Å². The summed E-state index contributed by atoms with van der Waals surface area (Å²) in [6, 6.07) is 3.22. The highest BCUT2D eigenvalue weighted by Crippen LogP contribution is 2.17. The van der Waals surface area contributed by atoms with Gasteiger partial charge in [-0.2, -0.15) is 4.68 Å². The predicted octanol–water partition coefficient (Wildman–Crippen LogP) is 1.64. The van der Waals surface area contributed by atoms with Crippen LogP contribution in [0.4, 0.5) is 0 Å². The summed E-state index contributed by atoms with van der Waals surface area (Å²) in [7, 11) is 0. The van der Waals surface area contributed by atoms with E-state index in [0.717, 1.165) is 11.4 Å². The van der Waals surface area contributed by atoms with Gasteiger partial charge in [-0.1, -0.05) is 0 Å². The van der Waals surface area contributed by atoms with Crippen molar-refractivity contribution in [2.45, 2.75) is 20.8 Å². The number of pyridine rings is 1. The van der Waals surface area contributed by atoms with E-state index in [1.165, 1.54) is 26.7 Å². The molecule has 0 spiro atoms. The summed E-state index contributed by atoms with van der Waals surface area (Å²) >= 11 is 1.33. The van der Waals surface area contributed by atoms with Crippen LogP contribution < -0.4 is 11.1 Å². The van der Waals surface area contributed by atoms with Gasteiger partial charge in [0.05, 0.1) is 10.9 Å². The quantitative estimate of drug-likeness (QED) is 0.590. The molecule has 25 heavy (non-hydrogen) atoms. The number of nitrogens with one attached hydrogen (secondary N) is 1. The molecule has 0 saturated carbocycles. The molecular weight excluding hydrogens is 340 g/mol. The molecule has 4 heterocycles. The Bertz CT molecular complexity index is 1200. The third-order valence-corrected chi connectivity index (χ3v) is 4.64. The highest BCUT2D eigenvalue weighted by atomic mass is 32.1. The van der Waals surface area contributed by atoms with E-state index in [4.69, 9.17) is 0 Å². The molecule has 0 bridgehead atoms. The van der Waals surface area contributed by atoms with Crippen molar-refractivity contribution in [2.75, 3.05) is 0 Å². The molecule has 0 aromatic carbocycles. The Morgan fingerprint density at radius 2 is 1.80 bits per heavy atom. The van der Waals surface area contributed by atoms with Crippen molar-refractivity contribution in [1.29, 1.82) is 0 Å². The van der Waals surface area contributed by atoms with E-state index >= 15 is 0 Å². The third kappa shape index (κ3) is 2.40. The second-order valence-electron chi connectivity index (χ2n) is 5.71. The van der Waals surface area contributed by atoms with E-state index in [0.29, 0.717) is 21.7 Å². The third-order valence-electron chi connectivity index (χ3n) is 3.89. The van der Waals surface area contributed by atoms with Gasteiger partial charge in [0, 0.05) is 34.7 Å². The van der Waals surface area contributed by atoms with E-state index < -0.39 is 0 Å². The summed E-state index contributed by atoms with van der Waals surface area (Å²) < 4.78 is 2.71. The molecule has 0 aliphatic heterocycles. The van der Waals surface area contributed by atoms with Crippen LogP contribution in [0.25, 0.3) is 22.0 Å². The number of hydrogen-bond acceptors (Lipinski definition) is 6. The fraction of sp³-hybridized carbons (Fsp3) is 0.188. The molecule has 0 aliphatic rings. The van der Waals surface area contributed by atoms with Crippen LogP contribution in [0.15, 0.2) is 33.3 Å². The molecule has 4 rings (SSSR count). The van der Waals surface area contributed by atoms with Crippen molar-refractivity contribution in [3.8, 4) is 11.1 Å². The standard InChI is InChI=1S/C16H14N6O2S/c1-8-6-9(2)19-15(18-8)22-14(24)13-10(3)21(16-17-4-5-25-16)12(23)7-11(13)20-22/h4-7,20H,1-3H3. The lowest BCUT2D eigenvalue weighted by Gasteiger charge is -2.05. The van der Waals surface area contributed by atoms with Gasteiger partial charge in [-0.15, -0.1) is 11.3 Å². The van der Waals surface area contributed by atoms with E-state index in [-0.39, 0.29) is 17.1 Å². The maximum Gasteiger partial charge on any atom is 0.283 e. The number of aromatic amines is 1. The van der Waals surface area contributed by atoms with Crippen LogP contribution >= 0.6 is 11.3 Å². The summed E-state index contributed by atoms with van der Waals surface area (Å²) in [5.41, 5.74) is 1.93. The number of hydrogen-bond donors (Lipinski definition) is 1. The topological polar surface area (TPSA) is 98.5 Å². The summed E-state index contributed by atoms with van der Waals surface area (Å²) in [4.78, 5) is 38.2. The Morgan fingerprint density at radius 3 is 2.44 bits per heavy atom. The lowest BCUT2D eigenvalue weighted by Crippen LogP contribution is -2.22. The number of rotatable bonds is 2. The van der Waals surface area contributed by atoms with Crippen molar-refractivity contribution >= 4 is 22.2 Å². The lowest BCUT2D eigenvalue weighted by atomic mass is 10.2. The van der Waals surface area contributed by atoms with Crippen LogP contribution in [0, 0.1) is 20.8 Å². The zero-order valence-corrected chi connectivity index (χ0v) is 14.6. The van der Waals surface area contributed by atoms with Crippen LogP contribution in [0.3, 0.4) is 0 Å². The summed E-state index contributed by atoms with van der Waals surface area (Å²) in [5.74, 6) is 0.256. The smallest absolute Gasteiger partial charge is 0.283 e. The van der Waals surface area contributed by atoms with Crippen molar-refractivity contribution in [3.63, 3.8) is 0 Å². The van der Waals surface area contributed by atoms with Crippen LogP contribution in [-0.2, 0) is 0 Å². The van der Waals surface area contributed by atoms with Crippen molar-refractivity contribution in [1.82, 2.24) is 29.3 Å². The zero-order chi connectivity index (χ0) is 17.7. The highest BCUT2D eigenvalue weighted by Gasteiger charge is 2.18. The number of aryl methyl sites for hydroxylation is 3. The van der Waals surface area contributed by atoms with Gasteiger partial charge in [-0.05, 0) is 26.8 Å². The zero-order valence-electron chi connectivity index (χ0n) is 13.8. The lowest BCUT2D eigenvalue weighted by molar-refractivity contribution is 0.780. The fourth-order valence-electron chi connectivity index (χ4n) is 2.89. The van der Waals surface area contributed by atoms with Gasteiger partial charge in [0.1, 0.15) is 0 Å². The second kappa shape index (κ2) is 5.49. The molecule has 0 atom stereocenters. The minimum absolute atomic E-state index is 0.255. The Balaban J connectivity index is 2.05. The SMILES string of the molecule is Cc1cc(C)nc(-n2[nH]c3cc(=O)n(-c4nccs4)c(C)c3c2=O)n1. The van der Waals surface area contributed by atoms with E-state index in [1.807, 2.05) is 19.9 Å². The number of thiazole rings is 1. The molecule has 4 aromatic heterocycles. The molecule has 1 N–H and O–H groups in total. The van der Waals surface area contributed by atoms with E-state index in [1.54, 1.807) is 18.5 Å². The molecule has 4 aromatic rings. The van der Waals surface area contributed by atoms with Gasteiger partial charge >= 0.3 is 0 Å². The monoisotopic (exact) mass is 354 g/mol. The Kier molecular flexibility index (Phi) is 3.39. The first kappa shape index (κ1) is 15.5. The molecular formula is C16H14N6O2S. The number of H-pyrrole nitrogens is 1. The summed E-state index contributed by atoms with van der Waals surface area (Å²) in [5, 5.41) is 5.66. The largest absolute Gasteiger partial charge is 0.287 e. The normalized spacial score (nSPS) is 11.3. The second-order valence-corrected chi connectivity index (χ2v) is 6.58. The maximum atomic E-state index is 12.9. The summed E-state index contributed by atoms with van der Waals surface area (Å²) in [6.07, 6.45) is 1.62. The molecule has 9 heteroatoms. The number of nitrogens with zero attached hydrogens (tertiary/aromatic N) is 5. The van der Waals surface area contributed by atoms with Gasteiger partial charge in [0.15, 0.2) is 5.13 Å². The molecule has 126 valence electrons.